The summed E-state index contributed by atoms with van der Waals surface area (Å²) in [7, 11) is 0. The molecule has 98 valence electrons. The molecule has 1 aliphatic rings. The zero-order valence-corrected chi connectivity index (χ0v) is 10.6. The lowest BCUT2D eigenvalue weighted by Crippen LogP contribution is -2.37. The van der Waals surface area contributed by atoms with E-state index in [1.165, 1.54) is 6.07 Å². The van der Waals surface area contributed by atoms with Gasteiger partial charge in [0.15, 0.2) is 11.6 Å². The third kappa shape index (κ3) is 2.80. The van der Waals surface area contributed by atoms with Crippen LogP contribution < -0.4 is 0 Å². The van der Waals surface area contributed by atoms with Gasteiger partial charge in [-0.05, 0) is 37.0 Å². The van der Waals surface area contributed by atoms with Gasteiger partial charge in [0.1, 0.15) is 5.38 Å². The smallest absolute Gasteiger partial charge is 0.245 e. The first-order chi connectivity index (χ1) is 8.59. The summed E-state index contributed by atoms with van der Waals surface area (Å²) in [4.78, 5) is 13.8. The Hall–Kier alpha value is -1.16. The molecule has 1 fully saturated rings. The van der Waals surface area contributed by atoms with E-state index in [0.717, 1.165) is 31.4 Å². The van der Waals surface area contributed by atoms with Crippen molar-refractivity contribution in [3.63, 3.8) is 0 Å². The predicted molar refractivity (Wildman–Crippen MR) is 65.4 cm³/mol. The first kappa shape index (κ1) is 13.3. The maximum atomic E-state index is 13.1. The molecule has 0 bridgehead atoms. The van der Waals surface area contributed by atoms with E-state index in [1.54, 1.807) is 4.90 Å². The molecule has 0 N–H and O–H groups in total. The second-order valence-corrected chi connectivity index (χ2v) is 4.86. The fraction of sp³-hybridized carbons (Fsp3) is 0.462. The van der Waals surface area contributed by atoms with E-state index in [9.17, 15) is 13.6 Å². The van der Waals surface area contributed by atoms with Crippen LogP contribution in [0, 0.1) is 11.6 Å². The van der Waals surface area contributed by atoms with E-state index in [2.05, 4.69) is 0 Å². The molecule has 1 heterocycles. The van der Waals surface area contributed by atoms with Crippen molar-refractivity contribution in [2.75, 3.05) is 13.1 Å². The van der Waals surface area contributed by atoms with Gasteiger partial charge in [-0.3, -0.25) is 4.79 Å². The van der Waals surface area contributed by atoms with Crippen LogP contribution in [-0.2, 0) is 4.79 Å². The zero-order valence-electron chi connectivity index (χ0n) is 9.83. The standard InChI is InChI=1S/C13H14ClF2NO/c14-12(9-4-5-10(15)11(16)8-9)13(18)17-6-2-1-3-7-17/h4-5,8,12H,1-3,6-7H2. The van der Waals surface area contributed by atoms with Gasteiger partial charge in [-0.25, -0.2) is 8.78 Å². The number of hydrogen-bond acceptors (Lipinski definition) is 1. The van der Waals surface area contributed by atoms with Crippen molar-refractivity contribution in [3.05, 3.63) is 35.4 Å². The Labute approximate surface area is 110 Å². The van der Waals surface area contributed by atoms with Crippen LogP contribution in [0.5, 0.6) is 0 Å². The minimum absolute atomic E-state index is 0.234. The highest BCUT2D eigenvalue weighted by atomic mass is 35.5. The van der Waals surface area contributed by atoms with Crippen LogP contribution in [-0.4, -0.2) is 23.9 Å². The van der Waals surface area contributed by atoms with Gasteiger partial charge >= 0.3 is 0 Å². The topological polar surface area (TPSA) is 20.3 Å². The number of piperidine rings is 1. The van der Waals surface area contributed by atoms with Crippen molar-refractivity contribution in [2.45, 2.75) is 24.6 Å². The average Bonchev–Trinajstić information content (AvgIpc) is 2.41. The number of carbonyl (C=O) groups excluding carboxylic acids is 1. The molecule has 0 aromatic heterocycles. The van der Waals surface area contributed by atoms with E-state index >= 15 is 0 Å². The van der Waals surface area contributed by atoms with Crippen LogP contribution >= 0.6 is 11.6 Å². The van der Waals surface area contributed by atoms with Gasteiger partial charge in [-0.15, -0.1) is 11.6 Å². The number of likely N-dealkylation sites (tertiary alicyclic amines) is 1. The number of alkyl halides is 1. The summed E-state index contributed by atoms with van der Waals surface area (Å²) in [6, 6.07) is 3.32. The minimum atomic E-state index is -0.982. The summed E-state index contributed by atoms with van der Waals surface area (Å²) in [5.74, 6) is -2.15. The maximum absolute atomic E-state index is 13.1. The van der Waals surface area contributed by atoms with Gasteiger partial charge < -0.3 is 4.90 Å². The van der Waals surface area contributed by atoms with Crippen molar-refractivity contribution < 1.29 is 13.6 Å². The Morgan fingerprint density at radius 2 is 1.83 bits per heavy atom. The molecule has 1 saturated heterocycles. The molecule has 5 heteroatoms. The van der Waals surface area contributed by atoms with E-state index < -0.39 is 17.0 Å². The third-order valence-electron chi connectivity index (χ3n) is 3.12. The molecule has 1 amide bonds. The van der Waals surface area contributed by atoms with Gasteiger partial charge in [-0.2, -0.15) is 0 Å². The summed E-state index contributed by atoms with van der Waals surface area (Å²) in [6.45, 7) is 1.37. The van der Waals surface area contributed by atoms with Crippen LogP contribution in [0.3, 0.4) is 0 Å². The van der Waals surface area contributed by atoms with Crippen LogP contribution in [0.15, 0.2) is 18.2 Å². The summed E-state index contributed by atoms with van der Waals surface area (Å²) in [5.41, 5.74) is 0.297. The van der Waals surface area contributed by atoms with Gasteiger partial charge in [0, 0.05) is 13.1 Å². The van der Waals surface area contributed by atoms with Crippen LogP contribution in [0.4, 0.5) is 8.78 Å². The number of amides is 1. The highest BCUT2D eigenvalue weighted by molar-refractivity contribution is 6.30. The second kappa shape index (κ2) is 5.65. The second-order valence-electron chi connectivity index (χ2n) is 4.42. The lowest BCUT2D eigenvalue weighted by atomic mass is 10.1. The molecule has 0 radical (unpaired) electrons. The van der Waals surface area contributed by atoms with Gasteiger partial charge in [0.05, 0.1) is 0 Å². The SMILES string of the molecule is O=C(C(Cl)c1ccc(F)c(F)c1)N1CCCCC1. The molecule has 2 nitrogen and oxygen atoms in total. The monoisotopic (exact) mass is 273 g/mol. The van der Waals surface area contributed by atoms with Gasteiger partial charge in [0.2, 0.25) is 5.91 Å². The molecule has 0 saturated carbocycles. The highest BCUT2D eigenvalue weighted by Gasteiger charge is 2.25. The molecule has 1 unspecified atom stereocenters. The van der Waals surface area contributed by atoms with Gasteiger partial charge in [0.25, 0.3) is 0 Å². The molecule has 1 atom stereocenters. The molecule has 0 aliphatic carbocycles. The number of rotatable bonds is 2. The van der Waals surface area contributed by atoms with Crippen LogP contribution in [0.1, 0.15) is 30.2 Å². The summed E-state index contributed by atoms with van der Waals surface area (Å²) >= 11 is 6.03. The van der Waals surface area contributed by atoms with Crippen molar-refractivity contribution in [3.8, 4) is 0 Å². The normalized spacial score (nSPS) is 17.6. The molecule has 1 aromatic carbocycles. The largest absolute Gasteiger partial charge is 0.341 e. The molecule has 2 rings (SSSR count). The Morgan fingerprint density at radius 1 is 1.17 bits per heavy atom. The zero-order chi connectivity index (χ0) is 13.1. The number of nitrogens with zero attached hydrogens (tertiary/aromatic N) is 1. The first-order valence-electron chi connectivity index (χ1n) is 5.97. The number of hydrogen-bond donors (Lipinski definition) is 0. The van der Waals surface area contributed by atoms with E-state index in [4.69, 9.17) is 11.6 Å². The molecule has 1 aromatic rings. The minimum Gasteiger partial charge on any atom is -0.341 e. The molecule has 0 spiro atoms. The fourth-order valence-electron chi connectivity index (χ4n) is 2.09. The lowest BCUT2D eigenvalue weighted by Gasteiger charge is -2.28. The van der Waals surface area contributed by atoms with Crippen LogP contribution in [0.2, 0.25) is 0 Å². The van der Waals surface area contributed by atoms with E-state index in [1.807, 2.05) is 0 Å². The van der Waals surface area contributed by atoms with Crippen LogP contribution in [0.25, 0.3) is 0 Å². The Balaban J connectivity index is 2.11. The maximum Gasteiger partial charge on any atom is 0.245 e. The molecular formula is C13H14ClF2NO. The van der Waals surface area contributed by atoms with E-state index in [-0.39, 0.29) is 5.91 Å². The number of halogens is 3. The van der Waals surface area contributed by atoms with Crippen molar-refractivity contribution in [1.29, 1.82) is 0 Å². The Kier molecular flexibility index (Phi) is 4.17. The van der Waals surface area contributed by atoms with Crippen molar-refractivity contribution >= 4 is 17.5 Å². The highest BCUT2D eigenvalue weighted by Crippen LogP contribution is 2.26. The molecule has 1 aliphatic heterocycles. The predicted octanol–water partition coefficient (Wildman–Crippen LogP) is 3.26. The first-order valence-corrected chi connectivity index (χ1v) is 6.41. The summed E-state index contributed by atoms with van der Waals surface area (Å²) in [5, 5.41) is -0.946. The quantitative estimate of drug-likeness (QED) is 0.758. The lowest BCUT2D eigenvalue weighted by molar-refractivity contribution is -0.131. The van der Waals surface area contributed by atoms with Crippen molar-refractivity contribution in [1.82, 2.24) is 4.90 Å². The fourth-order valence-corrected chi connectivity index (χ4v) is 2.36. The average molecular weight is 274 g/mol. The molecule has 18 heavy (non-hydrogen) atoms. The van der Waals surface area contributed by atoms with Crippen molar-refractivity contribution in [2.24, 2.45) is 0 Å². The Morgan fingerprint density at radius 3 is 2.44 bits per heavy atom. The third-order valence-corrected chi connectivity index (χ3v) is 3.56. The van der Waals surface area contributed by atoms with Gasteiger partial charge in [-0.1, -0.05) is 6.07 Å². The summed E-state index contributed by atoms with van der Waals surface area (Å²) < 4.78 is 25.9. The number of carbonyl (C=O) groups is 1. The summed E-state index contributed by atoms with van der Waals surface area (Å²) in [6.07, 6.45) is 3.04. The number of benzene rings is 1. The van der Waals surface area contributed by atoms with E-state index in [0.29, 0.717) is 18.7 Å². The molecular weight excluding hydrogens is 260 g/mol. The Bertz CT molecular complexity index is 447.